The van der Waals surface area contributed by atoms with E-state index >= 15 is 0 Å². The van der Waals surface area contributed by atoms with Gasteiger partial charge < -0.3 is 15.4 Å². The molecule has 2 heterocycles. The number of para-hydroxylation sites is 2. The Morgan fingerprint density at radius 1 is 0.958 bits per heavy atom. The summed E-state index contributed by atoms with van der Waals surface area (Å²) < 4.78 is 5.81. The zero-order valence-electron chi connectivity index (χ0n) is 13.1. The first-order valence-corrected chi connectivity index (χ1v) is 7.77. The number of carbonyl (C=O) groups is 2. The third-order valence-corrected chi connectivity index (χ3v) is 4.22. The van der Waals surface area contributed by atoms with Crippen LogP contribution >= 0.6 is 0 Å². The fourth-order valence-corrected chi connectivity index (χ4v) is 2.92. The molecule has 2 aromatic rings. The van der Waals surface area contributed by atoms with E-state index < -0.39 is 12.1 Å². The van der Waals surface area contributed by atoms with Gasteiger partial charge in [0.2, 0.25) is 5.78 Å². The first kappa shape index (κ1) is 14.5. The summed E-state index contributed by atoms with van der Waals surface area (Å²) in [4.78, 5) is 24.7. The Labute approximate surface area is 139 Å². The van der Waals surface area contributed by atoms with Crippen LogP contribution in [0, 0.1) is 6.92 Å². The number of hydrogen-bond acceptors (Lipinski definition) is 4. The van der Waals surface area contributed by atoms with Gasteiger partial charge in [-0.1, -0.05) is 42.0 Å². The molecule has 2 N–H and O–H groups in total. The van der Waals surface area contributed by atoms with Crippen LogP contribution in [0.1, 0.15) is 11.1 Å². The minimum atomic E-state index is -0.866. The molecule has 4 rings (SSSR count). The molecule has 0 saturated heterocycles. The number of fused-ring (bicyclic) bond motifs is 1. The number of aryl methyl sites for hydroxylation is 1. The van der Waals surface area contributed by atoms with Crippen LogP contribution in [0.2, 0.25) is 0 Å². The van der Waals surface area contributed by atoms with Crippen LogP contribution in [0.5, 0.6) is 0 Å². The van der Waals surface area contributed by atoms with Crippen LogP contribution in [-0.2, 0) is 14.3 Å². The minimum absolute atomic E-state index is 0.211. The Kier molecular flexibility index (Phi) is 3.34. The highest BCUT2D eigenvalue weighted by Gasteiger charge is 2.41. The van der Waals surface area contributed by atoms with Gasteiger partial charge in [-0.2, -0.15) is 0 Å². The zero-order valence-corrected chi connectivity index (χ0v) is 13.1. The Bertz CT molecular complexity index is 855. The zero-order chi connectivity index (χ0) is 16.7. The molecule has 2 atom stereocenters. The lowest BCUT2D eigenvalue weighted by Gasteiger charge is -2.29. The van der Waals surface area contributed by atoms with E-state index in [0.717, 1.165) is 16.8 Å². The molecule has 0 bridgehead atoms. The number of hydrogen-bond donors (Lipinski definition) is 2. The molecule has 0 fully saturated rings. The van der Waals surface area contributed by atoms with Gasteiger partial charge in [-0.15, -0.1) is 0 Å². The number of carbonyl (C=O) groups excluding carboxylic acids is 2. The number of amides is 1. The number of ketones is 1. The van der Waals surface area contributed by atoms with E-state index in [2.05, 4.69) is 10.6 Å². The molecule has 2 aliphatic heterocycles. The molecule has 0 radical (unpaired) electrons. The SMILES string of the molecule is Cc1ccc(C2=CC(=O)C(C3Nc4ccccc4NC3=O)O2)cc1. The molecule has 5 heteroatoms. The van der Waals surface area contributed by atoms with Crippen molar-refractivity contribution in [3.63, 3.8) is 0 Å². The summed E-state index contributed by atoms with van der Waals surface area (Å²) in [5.41, 5.74) is 3.44. The topological polar surface area (TPSA) is 67.4 Å². The molecule has 2 aliphatic rings. The summed E-state index contributed by atoms with van der Waals surface area (Å²) >= 11 is 0. The highest BCUT2D eigenvalue weighted by atomic mass is 16.5. The van der Waals surface area contributed by atoms with Crippen LogP contribution < -0.4 is 10.6 Å². The van der Waals surface area contributed by atoms with Crippen molar-refractivity contribution in [3.05, 3.63) is 65.7 Å². The number of nitrogens with one attached hydrogen (secondary N) is 2. The third kappa shape index (κ3) is 2.44. The van der Waals surface area contributed by atoms with Gasteiger partial charge in [-0.3, -0.25) is 9.59 Å². The van der Waals surface area contributed by atoms with E-state index in [1.54, 1.807) is 0 Å². The Morgan fingerprint density at radius 2 is 1.67 bits per heavy atom. The highest BCUT2D eigenvalue weighted by molar-refractivity contribution is 6.11. The number of rotatable bonds is 2. The predicted octanol–water partition coefficient (Wildman–Crippen LogP) is 2.74. The first-order valence-electron chi connectivity index (χ1n) is 7.77. The summed E-state index contributed by atoms with van der Waals surface area (Å²) in [7, 11) is 0. The molecule has 120 valence electrons. The lowest BCUT2D eigenvalue weighted by molar-refractivity contribution is -0.127. The second kappa shape index (κ2) is 5.53. The van der Waals surface area contributed by atoms with Crippen molar-refractivity contribution in [1.82, 2.24) is 0 Å². The van der Waals surface area contributed by atoms with Gasteiger partial charge >= 0.3 is 0 Å². The maximum atomic E-state index is 12.4. The van der Waals surface area contributed by atoms with Crippen molar-refractivity contribution in [1.29, 1.82) is 0 Å². The van der Waals surface area contributed by atoms with Crippen LogP contribution in [0.15, 0.2) is 54.6 Å². The largest absolute Gasteiger partial charge is 0.479 e. The normalized spacial score (nSPS) is 22.1. The second-order valence-electron chi connectivity index (χ2n) is 5.97. The summed E-state index contributed by atoms with van der Waals surface area (Å²) in [6.07, 6.45) is 0.597. The molecule has 2 unspecified atom stereocenters. The van der Waals surface area contributed by atoms with E-state index in [-0.39, 0.29) is 11.7 Å². The van der Waals surface area contributed by atoms with Gasteiger partial charge in [0.1, 0.15) is 5.76 Å². The smallest absolute Gasteiger partial charge is 0.251 e. The molecule has 0 saturated carbocycles. The molecule has 5 nitrogen and oxygen atoms in total. The van der Waals surface area contributed by atoms with Crippen molar-refractivity contribution < 1.29 is 14.3 Å². The molecule has 1 amide bonds. The summed E-state index contributed by atoms with van der Waals surface area (Å²) in [6.45, 7) is 2.00. The standard InChI is InChI=1S/C19H16N2O3/c1-11-6-8-12(9-7-11)16-10-15(22)18(24-16)17-19(23)21-14-5-3-2-4-13(14)20-17/h2-10,17-18,20H,1H3,(H,21,23). The number of anilines is 2. The van der Waals surface area contributed by atoms with Crippen LogP contribution in [0.3, 0.4) is 0 Å². The maximum absolute atomic E-state index is 12.4. The molecule has 0 aromatic heterocycles. The Hall–Kier alpha value is -3.08. The van der Waals surface area contributed by atoms with Crippen LogP contribution in [-0.4, -0.2) is 23.8 Å². The third-order valence-electron chi connectivity index (χ3n) is 4.22. The van der Waals surface area contributed by atoms with E-state index in [1.807, 2.05) is 55.5 Å². The van der Waals surface area contributed by atoms with Gasteiger partial charge in [0.05, 0.1) is 11.4 Å². The van der Waals surface area contributed by atoms with Crippen molar-refractivity contribution in [3.8, 4) is 0 Å². The van der Waals surface area contributed by atoms with Gasteiger partial charge in [0, 0.05) is 11.6 Å². The molecule has 0 aliphatic carbocycles. The lowest BCUT2D eigenvalue weighted by Crippen LogP contribution is -2.49. The summed E-state index contributed by atoms with van der Waals surface area (Å²) in [6, 6.07) is 14.3. The highest BCUT2D eigenvalue weighted by Crippen LogP contribution is 2.32. The minimum Gasteiger partial charge on any atom is -0.479 e. The van der Waals surface area contributed by atoms with Crippen LogP contribution in [0.4, 0.5) is 11.4 Å². The maximum Gasteiger partial charge on any atom is 0.251 e. The van der Waals surface area contributed by atoms with Gasteiger partial charge in [0.15, 0.2) is 12.1 Å². The van der Waals surface area contributed by atoms with Crippen LogP contribution in [0.25, 0.3) is 5.76 Å². The summed E-state index contributed by atoms with van der Waals surface area (Å²) in [5, 5.41) is 5.92. The van der Waals surface area contributed by atoms with E-state index in [1.165, 1.54) is 6.08 Å². The average Bonchev–Trinajstić information content (AvgIpc) is 2.96. The van der Waals surface area contributed by atoms with Crippen molar-refractivity contribution >= 4 is 28.8 Å². The summed E-state index contributed by atoms with van der Waals surface area (Å²) in [5.74, 6) is 0.0154. The average molecular weight is 320 g/mol. The van der Waals surface area contributed by atoms with Gasteiger partial charge in [-0.05, 0) is 19.1 Å². The Balaban J connectivity index is 1.57. The molecular weight excluding hydrogens is 304 g/mol. The van der Waals surface area contributed by atoms with Crippen molar-refractivity contribution in [2.75, 3.05) is 10.6 Å². The molecule has 0 spiro atoms. The van der Waals surface area contributed by atoms with Gasteiger partial charge in [0.25, 0.3) is 5.91 Å². The number of benzene rings is 2. The van der Waals surface area contributed by atoms with Crippen molar-refractivity contribution in [2.24, 2.45) is 0 Å². The van der Waals surface area contributed by atoms with E-state index in [0.29, 0.717) is 11.4 Å². The van der Waals surface area contributed by atoms with Crippen molar-refractivity contribution in [2.45, 2.75) is 19.1 Å². The quantitative estimate of drug-likeness (QED) is 0.893. The second-order valence-corrected chi connectivity index (χ2v) is 5.97. The van der Waals surface area contributed by atoms with E-state index in [4.69, 9.17) is 4.74 Å². The molecular formula is C19H16N2O3. The molecule has 2 aromatic carbocycles. The lowest BCUT2D eigenvalue weighted by atomic mass is 10.0. The van der Waals surface area contributed by atoms with E-state index in [9.17, 15) is 9.59 Å². The fourth-order valence-electron chi connectivity index (χ4n) is 2.92. The predicted molar refractivity (Wildman–Crippen MR) is 91.5 cm³/mol. The monoisotopic (exact) mass is 320 g/mol. The first-order chi connectivity index (χ1) is 11.6. The Morgan fingerprint density at radius 3 is 2.42 bits per heavy atom. The number of ether oxygens (including phenoxy) is 1. The fraction of sp³-hybridized carbons (Fsp3) is 0.158. The molecule has 24 heavy (non-hydrogen) atoms. The van der Waals surface area contributed by atoms with Gasteiger partial charge in [-0.25, -0.2) is 0 Å².